The average molecular weight is 305 g/mol. The molecule has 0 radical (unpaired) electrons. The number of hydrogen-bond acceptors (Lipinski definition) is 4. The highest BCUT2D eigenvalue weighted by atomic mass is 32.2. The molecule has 0 unspecified atom stereocenters. The summed E-state index contributed by atoms with van der Waals surface area (Å²) in [6.07, 6.45) is 3.30. The summed E-state index contributed by atoms with van der Waals surface area (Å²) < 4.78 is 26.7. The Balaban J connectivity index is 2.33. The fraction of sp³-hybridized carbons (Fsp3) is 0.267. The van der Waals surface area contributed by atoms with Crippen molar-refractivity contribution < 1.29 is 8.42 Å². The van der Waals surface area contributed by atoms with Crippen LogP contribution in [-0.2, 0) is 23.1 Å². The molecular weight excluding hydrogens is 286 g/mol. The van der Waals surface area contributed by atoms with Crippen LogP contribution in [0.15, 0.2) is 47.6 Å². The van der Waals surface area contributed by atoms with E-state index in [4.69, 9.17) is 5.73 Å². The molecule has 0 aliphatic heterocycles. The van der Waals surface area contributed by atoms with E-state index in [1.165, 1.54) is 4.31 Å². The molecule has 1 aromatic carbocycles. The highest BCUT2D eigenvalue weighted by Crippen LogP contribution is 2.21. The van der Waals surface area contributed by atoms with E-state index in [2.05, 4.69) is 4.98 Å². The van der Waals surface area contributed by atoms with E-state index in [1.54, 1.807) is 50.6 Å². The van der Waals surface area contributed by atoms with Crippen molar-refractivity contribution in [2.45, 2.75) is 24.9 Å². The molecule has 0 spiro atoms. The molecule has 2 aromatic rings. The molecule has 0 aliphatic rings. The fourth-order valence-electron chi connectivity index (χ4n) is 2.05. The zero-order chi connectivity index (χ0) is 15.5. The first-order valence-electron chi connectivity index (χ1n) is 6.60. The number of benzene rings is 1. The molecule has 5 nitrogen and oxygen atoms in total. The Kier molecular flexibility index (Phi) is 4.72. The lowest BCUT2D eigenvalue weighted by atomic mass is 10.1. The zero-order valence-corrected chi connectivity index (χ0v) is 13.0. The number of nitrogens with zero attached hydrogens (tertiary/aromatic N) is 2. The molecule has 2 rings (SSSR count). The molecule has 0 saturated heterocycles. The minimum Gasteiger partial charge on any atom is -0.326 e. The quantitative estimate of drug-likeness (QED) is 0.911. The molecule has 21 heavy (non-hydrogen) atoms. The lowest BCUT2D eigenvalue weighted by Crippen LogP contribution is -2.27. The third-order valence-electron chi connectivity index (χ3n) is 3.33. The van der Waals surface area contributed by atoms with Gasteiger partial charge in [0.2, 0.25) is 10.0 Å². The van der Waals surface area contributed by atoms with Crippen molar-refractivity contribution in [2.24, 2.45) is 5.73 Å². The molecule has 0 fully saturated rings. The van der Waals surface area contributed by atoms with Crippen LogP contribution in [0.25, 0.3) is 0 Å². The van der Waals surface area contributed by atoms with Gasteiger partial charge in [-0.25, -0.2) is 8.42 Å². The first kappa shape index (κ1) is 15.6. The first-order valence-corrected chi connectivity index (χ1v) is 8.04. The average Bonchev–Trinajstić information content (AvgIpc) is 2.48. The van der Waals surface area contributed by atoms with Crippen molar-refractivity contribution >= 4 is 10.0 Å². The monoisotopic (exact) mass is 305 g/mol. The van der Waals surface area contributed by atoms with Gasteiger partial charge in [0.25, 0.3) is 0 Å². The van der Waals surface area contributed by atoms with E-state index in [1.807, 2.05) is 6.07 Å². The first-order chi connectivity index (χ1) is 9.95. The van der Waals surface area contributed by atoms with Crippen LogP contribution in [0.2, 0.25) is 0 Å². The molecule has 0 atom stereocenters. The number of aromatic nitrogens is 1. The summed E-state index contributed by atoms with van der Waals surface area (Å²) in [5, 5.41) is 0. The topological polar surface area (TPSA) is 76.3 Å². The summed E-state index contributed by atoms with van der Waals surface area (Å²) in [6.45, 7) is 2.40. The van der Waals surface area contributed by atoms with Gasteiger partial charge in [-0.05, 0) is 41.8 Å². The summed E-state index contributed by atoms with van der Waals surface area (Å²) in [4.78, 5) is 4.24. The van der Waals surface area contributed by atoms with Crippen molar-refractivity contribution in [3.63, 3.8) is 0 Å². The Morgan fingerprint density at radius 1 is 1.14 bits per heavy atom. The van der Waals surface area contributed by atoms with Crippen molar-refractivity contribution in [1.82, 2.24) is 9.29 Å². The van der Waals surface area contributed by atoms with Crippen LogP contribution in [0, 0.1) is 6.92 Å². The van der Waals surface area contributed by atoms with Gasteiger partial charge in [0, 0.05) is 32.5 Å². The van der Waals surface area contributed by atoms with Crippen LogP contribution < -0.4 is 5.73 Å². The highest BCUT2D eigenvalue weighted by Gasteiger charge is 2.23. The van der Waals surface area contributed by atoms with Crippen LogP contribution in [0.3, 0.4) is 0 Å². The lowest BCUT2D eigenvalue weighted by Gasteiger charge is -2.19. The SMILES string of the molecule is Cc1ccc(CN)cc1S(=O)(=O)N(C)Cc1ccncc1. The van der Waals surface area contributed by atoms with E-state index in [9.17, 15) is 8.42 Å². The summed E-state index contributed by atoms with van der Waals surface area (Å²) in [7, 11) is -1.97. The Bertz CT molecular complexity index is 715. The molecule has 0 saturated carbocycles. The second-order valence-electron chi connectivity index (χ2n) is 4.92. The van der Waals surface area contributed by atoms with E-state index in [-0.39, 0.29) is 0 Å². The summed E-state index contributed by atoms with van der Waals surface area (Å²) >= 11 is 0. The number of sulfonamides is 1. The van der Waals surface area contributed by atoms with Gasteiger partial charge in [0.05, 0.1) is 4.90 Å². The van der Waals surface area contributed by atoms with E-state index >= 15 is 0 Å². The van der Waals surface area contributed by atoms with Gasteiger partial charge in [0.15, 0.2) is 0 Å². The maximum atomic E-state index is 12.7. The summed E-state index contributed by atoms with van der Waals surface area (Å²) in [5.74, 6) is 0. The number of rotatable bonds is 5. The van der Waals surface area contributed by atoms with Crippen molar-refractivity contribution in [2.75, 3.05) is 7.05 Å². The largest absolute Gasteiger partial charge is 0.326 e. The van der Waals surface area contributed by atoms with Crippen LogP contribution >= 0.6 is 0 Å². The predicted octanol–water partition coefficient (Wildman–Crippen LogP) is 1.67. The molecule has 112 valence electrons. The lowest BCUT2D eigenvalue weighted by molar-refractivity contribution is 0.466. The van der Waals surface area contributed by atoms with Crippen molar-refractivity contribution in [1.29, 1.82) is 0 Å². The summed E-state index contributed by atoms with van der Waals surface area (Å²) in [5.41, 5.74) is 8.01. The van der Waals surface area contributed by atoms with Gasteiger partial charge in [-0.2, -0.15) is 4.31 Å². The Hall–Kier alpha value is -1.76. The van der Waals surface area contributed by atoms with Gasteiger partial charge in [0.1, 0.15) is 0 Å². The Morgan fingerprint density at radius 3 is 2.43 bits per heavy atom. The van der Waals surface area contributed by atoms with Gasteiger partial charge in [-0.15, -0.1) is 0 Å². The normalized spacial score (nSPS) is 11.8. The third kappa shape index (κ3) is 3.47. The van der Waals surface area contributed by atoms with Crippen LogP contribution in [0.1, 0.15) is 16.7 Å². The van der Waals surface area contributed by atoms with E-state index in [0.717, 1.165) is 11.1 Å². The second kappa shape index (κ2) is 6.34. The number of aryl methyl sites for hydroxylation is 1. The minimum absolute atomic E-state index is 0.303. The Labute approximate surface area is 125 Å². The number of nitrogens with two attached hydrogens (primary N) is 1. The molecule has 0 aliphatic carbocycles. The van der Waals surface area contributed by atoms with E-state index < -0.39 is 10.0 Å². The zero-order valence-electron chi connectivity index (χ0n) is 12.2. The van der Waals surface area contributed by atoms with Crippen LogP contribution in [0.4, 0.5) is 0 Å². The Morgan fingerprint density at radius 2 is 1.81 bits per heavy atom. The minimum atomic E-state index is -3.54. The fourth-order valence-corrected chi connectivity index (χ4v) is 3.48. The maximum absolute atomic E-state index is 12.7. The number of hydrogen-bond donors (Lipinski definition) is 1. The molecule has 1 aromatic heterocycles. The van der Waals surface area contributed by atoms with Crippen LogP contribution in [-0.4, -0.2) is 24.8 Å². The molecule has 0 bridgehead atoms. The van der Waals surface area contributed by atoms with Crippen molar-refractivity contribution in [3.05, 3.63) is 59.4 Å². The maximum Gasteiger partial charge on any atom is 0.243 e. The third-order valence-corrected chi connectivity index (χ3v) is 5.28. The van der Waals surface area contributed by atoms with Gasteiger partial charge < -0.3 is 5.73 Å². The molecule has 2 N–H and O–H groups in total. The summed E-state index contributed by atoms with van der Waals surface area (Å²) in [6, 6.07) is 8.88. The van der Waals surface area contributed by atoms with Crippen molar-refractivity contribution in [3.8, 4) is 0 Å². The number of pyridine rings is 1. The molecule has 1 heterocycles. The van der Waals surface area contributed by atoms with Gasteiger partial charge in [-0.1, -0.05) is 12.1 Å². The predicted molar refractivity (Wildman–Crippen MR) is 82.0 cm³/mol. The van der Waals surface area contributed by atoms with Crippen LogP contribution in [0.5, 0.6) is 0 Å². The molecular formula is C15H19N3O2S. The molecule has 0 amide bonds. The smallest absolute Gasteiger partial charge is 0.243 e. The van der Waals surface area contributed by atoms with E-state index in [0.29, 0.717) is 23.5 Å². The highest BCUT2D eigenvalue weighted by molar-refractivity contribution is 7.89. The standard InChI is InChI=1S/C15H19N3O2S/c1-12-3-4-14(10-16)9-15(12)21(19,20)18(2)11-13-5-7-17-8-6-13/h3-9H,10-11,16H2,1-2H3. The van der Waals surface area contributed by atoms with Gasteiger partial charge in [-0.3, -0.25) is 4.98 Å². The van der Waals surface area contributed by atoms with Gasteiger partial charge >= 0.3 is 0 Å². The molecule has 6 heteroatoms. The second-order valence-corrected chi connectivity index (χ2v) is 6.93.